The van der Waals surface area contributed by atoms with Crippen LogP contribution in [0.15, 0.2) is 35.5 Å². The summed E-state index contributed by atoms with van der Waals surface area (Å²) in [6.07, 6.45) is -1.38. The number of nitriles is 1. The number of aliphatic hydroxyl groups excluding tert-OH is 3. The lowest BCUT2D eigenvalue weighted by Gasteiger charge is -2.41. The van der Waals surface area contributed by atoms with E-state index >= 15 is 0 Å². The Hall–Kier alpha value is -2.37. The second-order valence-electron chi connectivity index (χ2n) is 7.26. The third kappa shape index (κ3) is 4.73. The highest BCUT2D eigenvalue weighted by atomic mass is 35.5. The van der Waals surface area contributed by atoms with Crippen molar-refractivity contribution < 1.29 is 28.8 Å². The average Bonchev–Trinajstić information content (AvgIpc) is 3.29. The average molecular weight is 530 g/mol. The van der Waals surface area contributed by atoms with Gasteiger partial charge in [-0.05, 0) is 18.2 Å². The second kappa shape index (κ2) is 10.1. The Morgan fingerprint density at radius 1 is 1.18 bits per heavy atom. The van der Waals surface area contributed by atoms with E-state index in [9.17, 15) is 29.4 Å². The van der Waals surface area contributed by atoms with Crippen LogP contribution in [-0.2, 0) is 4.74 Å². The molecule has 0 radical (unpaired) electrons. The van der Waals surface area contributed by atoms with E-state index in [4.69, 9.17) is 27.9 Å². The zero-order valence-electron chi connectivity index (χ0n) is 16.9. The summed E-state index contributed by atoms with van der Waals surface area (Å²) in [7, 11) is 0. The van der Waals surface area contributed by atoms with Crippen LogP contribution >= 0.6 is 35.0 Å². The molecule has 0 spiro atoms. The molecule has 5 atom stereocenters. The Morgan fingerprint density at radius 2 is 1.88 bits per heavy atom. The van der Waals surface area contributed by atoms with Gasteiger partial charge in [-0.1, -0.05) is 40.2 Å². The van der Waals surface area contributed by atoms with Crippen molar-refractivity contribution in [3.05, 3.63) is 58.0 Å². The zero-order valence-corrected chi connectivity index (χ0v) is 19.2. The quantitative estimate of drug-likeness (QED) is 0.425. The van der Waals surface area contributed by atoms with Gasteiger partial charge in [0.05, 0.1) is 17.8 Å². The summed E-state index contributed by atoms with van der Waals surface area (Å²) >= 11 is 12.4. The number of hydrogen-bond donors (Lipinski definition) is 3. The van der Waals surface area contributed by atoms with Crippen LogP contribution in [0.2, 0.25) is 10.0 Å². The van der Waals surface area contributed by atoms with E-state index in [-0.39, 0.29) is 22.0 Å². The minimum absolute atomic E-state index is 0.0370. The first-order chi connectivity index (χ1) is 16.2. The molecule has 1 saturated heterocycles. The first-order valence-corrected chi connectivity index (χ1v) is 11.3. The normalized spacial score (nSPS) is 24.7. The topological polar surface area (TPSA) is 137 Å². The van der Waals surface area contributed by atoms with Crippen LogP contribution in [-0.4, -0.2) is 65.7 Å². The maximum Gasteiger partial charge on any atom is 0.154 e. The van der Waals surface area contributed by atoms with Crippen LogP contribution < -0.4 is 0 Å². The summed E-state index contributed by atoms with van der Waals surface area (Å²) in [5.74, 6) is -1.98. The molecule has 0 aliphatic carbocycles. The minimum Gasteiger partial charge on any atom is -0.394 e. The fourth-order valence-corrected chi connectivity index (χ4v) is 4.94. The lowest BCUT2D eigenvalue weighted by molar-refractivity contribution is -0.178. The number of aliphatic hydroxyl groups is 3. The van der Waals surface area contributed by atoms with Crippen molar-refractivity contribution >= 4 is 35.0 Å². The SMILES string of the molecule is N#Cc1ncc(Cl)cc1S[C@H]1OC(CO)[C@H](O)[C@H](n2cc(-c3cc(F)c(Cl)c(F)c3)nn2)C1O. The standard InChI is InChI=1S/C20H15Cl2F2N5O4S/c21-9-3-15(12(4-25)26-5-9)34-20-19(32)17(18(31)14(7-30)33-20)29-6-13(27-28-29)8-1-10(23)16(22)11(24)2-8/h1-3,5-6,14,17-20,30-32H,7H2/t14?,17-,18-,19?,20+/m0/s1. The molecule has 0 amide bonds. The van der Waals surface area contributed by atoms with Gasteiger partial charge in [0, 0.05) is 16.7 Å². The monoisotopic (exact) mass is 529 g/mol. The van der Waals surface area contributed by atoms with Crippen molar-refractivity contribution in [1.29, 1.82) is 5.26 Å². The second-order valence-corrected chi connectivity index (χ2v) is 9.22. The van der Waals surface area contributed by atoms with Crippen LogP contribution in [0.4, 0.5) is 8.78 Å². The van der Waals surface area contributed by atoms with E-state index in [2.05, 4.69) is 15.3 Å². The van der Waals surface area contributed by atoms with Crippen molar-refractivity contribution in [2.45, 2.75) is 34.7 Å². The van der Waals surface area contributed by atoms with Crippen LogP contribution in [0.5, 0.6) is 0 Å². The molecule has 178 valence electrons. The highest BCUT2D eigenvalue weighted by Gasteiger charge is 2.46. The van der Waals surface area contributed by atoms with Gasteiger partial charge in [0.25, 0.3) is 0 Å². The third-order valence-electron chi connectivity index (χ3n) is 5.11. The molecule has 1 aromatic carbocycles. The molecule has 34 heavy (non-hydrogen) atoms. The predicted octanol–water partition coefficient (Wildman–Crippen LogP) is 2.57. The van der Waals surface area contributed by atoms with E-state index in [1.54, 1.807) is 0 Å². The largest absolute Gasteiger partial charge is 0.394 e. The van der Waals surface area contributed by atoms with Gasteiger partial charge in [-0.25, -0.2) is 18.4 Å². The molecule has 4 rings (SSSR count). The van der Waals surface area contributed by atoms with Crippen molar-refractivity contribution in [3.8, 4) is 17.3 Å². The number of ether oxygens (including phenoxy) is 1. The molecule has 3 N–H and O–H groups in total. The van der Waals surface area contributed by atoms with Gasteiger partial charge in [-0.15, -0.1) is 5.10 Å². The summed E-state index contributed by atoms with van der Waals surface area (Å²) < 4.78 is 34.5. The predicted molar refractivity (Wildman–Crippen MR) is 117 cm³/mol. The number of thioether (sulfide) groups is 1. The Bertz CT molecular complexity index is 1240. The molecule has 2 aromatic heterocycles. The molecule has 3 aromatic rings. The highest BCUT2D eigenvalue weighted by Crippen LogP contribution is 2.39. The third-order valence-corrected chi connectivity index (χ3v) is 6.87. The number of aromatic nitrogens is 4. The summed E-state index contributed by atoms with van der Waals surface area (Å²) in [5.41, 5.74) is -0.940. The fourth-order valence-electron chi connectivity index (χ4n) is 3.46. The summed E-state index contributed by atoms with van der Waals surface area (Å²) in [4.78, 5) is 4.24. The van der Waals surface area contributed by atoms with Crippen LogP contribution in [0.1, 0.15) is 11.7 Å². The summed E-state index contributed by atoms with van der Waals surface area (Å²) in [6.45, 7) is -0.588. The molecule has 0 bridgehead atoms. The number of nitrogens with zero attached hydrogens (tertiary/aromatic N) is 5. The molecule has 3 heterocycles. The Labute approximate surface area is 205 Å². The molecular formula is C20H15Cl2F2N5O4S. The first kappa shape index (κ1) is 24.7. The van der Waals surface area contributed by atoms with Crippen molar-refractivity contribution in [1.82, 2.24) is 20.0 Å². The number of pyridine rings is 1. The number of halogens is 4. The smallest absolute Gasteiger partial charge is 0.154 e. The van der Waals surface area contributed by atoms with Gasteiger partial charge < -0.3 is 20.1 Å². The Kier molecular flexibility index (Phi) is 7.34. The fraction of sp³-hybridized carbons (Fsp3) is 0.300. The zero-order chi connectivity index (χ0) is 24.6. The van der Waals surface area contributed by atoms with Crippen molar-refractivity contribution in [3.63, 3.8) is 0 Å². The van der Waals surface area contributed by atoms with Gasteiger partial charge in [0.1, 0.15) is 58.2 Å². The lowest BCUT2D eigenvalue weighted by atomic mass is 9.97. The Morgan fingerprint density at radius 3 is 2.53 bits per heavy atom. The van der Waals surface area contributed by atoms with E-state index in [0.29, 0.717) is 4.90 Å². The van der Waals surface area contributed by atoms with Gasteiger partial charge in [0.2, 0.25) is 0 Å². The van der Waals surface area contributed by atoms with Crippen molar-refractivity contribution in [2.24, 2.45) is 0 Å². The molecular weight excluding hydrogens is 515 g/mol. The lowest BCUT2D eigenvalue weighted by Crippen LogP contribution is -2.55. The summed E-state index contributed by atoms with van der Waals surface area (Å²) in [6, 6.07) is 4.17. The van der Waals surface area contributed by atoms with Gasteiger partial charge >= 0.3 is 0 Å². The molecule has 1 fully saturated rings. The van der Waals surface area contributed by atoms with E-state index in [1.165, 1.54) is 18.5 Å². The van der Waals surface area contributed by atoms with E-state index in [0.717, 1.165) is 28.6 Å². The molecule has 1 aliphatic rings. The maximum absolute atomic E-state index is 13.9. The Balaban J connectivity index is 1.66. The number of benzene rings is 1. The number of rotatable bonds is 5. The first-order valence-electron chi connectivity index (χ1n) is 9.65. The molecule has 14 heteroatoms. The maximum atomic E-state index is 13.9. The van der Waals surface area contributed by atoms with Gasteiger partial charge in [0.15, 0.2) is 5.69 Å². The summed E-state index contributed by atoms with van der Waals surface area (Å²) in [5, 5.41) is 48.1. The van der Waals surface area contributed by atoms with Crippen molar-refractivity contribution in [2.75, 3.05) is 6.61 Å². The minimum atomic E-state index is -1.42. The van der Waals surface area contributed by atoms with Crippen LogP contribution in [0.25, 0.3) is 11.3 Å². The highest BCUT2D eigenvalue weighted by molar-refractivity contribution is 7.99. The van der Waals surface area contributed by atoms with Gasteiger partial charge in [-0.3, -0.25) is 0 Å². The molecule has 9 nitrogen and oxygen atoms in total. The van der Waals surface area contributed by atoms with Crippen LogP contribution in [0, 0.1) is 23.0 Å². The molecule has 2 unspecified atom stereocenters. The van der Waals surface area contributed by atoms with E-state index in [1.807, 2.05) is 6.07 Å². The van der Waals surface area contributed by atoms with Gasteiger partial charge in [-0.2, -0.15) is 5.26 Å². The number of hydrogen-bond acceptors (Lipinski definition) is 9. The van der Waals surface area contributed by atoms with E-state index < -0.39 is 53.1 Å². The molecule has 1 aliphatic heterocycles. The molecule has 0 saturated carbocycles. The van der Waals surface area contributed by atoms with Crippen LogP contribution in [0.3, 0.4) is 0 Å².